The first-order valence-corrected chi connectivity index (χ1v) is 6.21. The van der Waals surface area contributed by atoms with Crippen molar-refractivity contribution in [2.24, 2.45) is 0 Å². The smallest absolute Gasteiger partial charge is 0.150 e. The number of nitrogens with one attached hydrogen (secondary N) is 1. The predicted molar refractivity (Wildman–Crippen MR) is 67.7 cm³/mol. The second kappa shape index (κ2) is 4.05. The van der Waals surface area contributed by atoms with E-state index in [4.69, 9.17) is 0 Å². The Balaban J connectivity index is 2.15. The molecule has 0 fully saturated rings. The number of H-pyrrole nitrogens is 1. The van der Waals surface area contributed by atoms with Crippen molar-refractivity contribution in [3.05, 3.63) is 35.0 Å². The number of rotatable bonds is 1. The van der Waals surface area contributed by atoms with Crippen LogP contribution in [0.3, 0.4) is 0 Å². The molecule has 4 heteroatoms. The van der Waals surface area contributed by atoms with Gasteiger partial charge in [0.15, 0.2) is 0 Å². The van der Waals surface area contributed by atoms with E-state index in [0.29, 0.717) is 16.9 Å². The van der Waals surface area contributed by atoms with Crippen LogP contribution in [0.25, 0.3) is 10.9 Å². The molecule has 0 radical (unpaired) electrons. The van der Waals surface area contributed by atoms with Gasteiger partial charge in [-0.25, -0.2) is 8.78 Å². The van der Waals surface area contributed by atoms with Crippen LogP contribution < -0.4 is 0 Å². The lowest BCUT2D eigenvalue weighted by atomic mass is 9.91. The maximum Gasteiger partial charge on any atom is 0.150 e. The first kappa shape index (κ1) is 11.7. The molecule has 1 aromatic carbocycles. The van der Waals surface area contributed by atoms with Crippen LogP contribution in [0.1, 0.15) is 17.7 Å². The molecule has 1 N–H and O–H groups in total. The quantitative estimate of drug-likeness (QED) is 0.824. The van der Waals surface area contributed by atoms with E-state index in [2.05, 4.69) is 9.88 Å². The first-order chi connectivity index (χ1) is 8.56. The molecule has 1 aliphatic rings. The summed E-state index contributed by atoms with van der Waals surface area (Å²) in [7, 11) is 4.09. The molecule has 0 saturated heterocycles. The van der Waals surface area contributed by atoms with E-state index >= 15 is 0 Å². The maximum absolute atomic E-state index is 13.7. The molecule has 0 unspecified atom stereocenters. The number of likely N-dealkylation sites (N-methyl/N-ethyl adjacent to an activating group) is 1. The van der Waals surface area contributed by atoms with Crippen LogP contribution in [-0.2, 0) is 12.8 Å². The Bertz CT molecular complexity index is 601. The lowest BCUT2D eigenvalue weighted by Crippen LogP contribution is -2.33. The lowest BCUT2D eigenvalue weighted by molar-refractivity contribution is 0.268. The number of aromatic amines is 1. The maximum atomic E-state index is 13.7. The van der Waals surface area contributed by atoms with Crippen LogP contribution >= 0.6 is 0 Å². The van der Waals surface area contributed by atoms with E-state index in [1.54, 1.807) is 0 Å². The molecule has 1 aliphatic carbocycles. The topological polar surface area (TPSA) is 19.0 Å². The van der Waals surface area contributed by atoms with Crippen LogP contribution in [0.15, 0.2) is 12.1 Å². The molecule has 1 heterocycles. The van der Waals surface area contributed by atoms with Crippen molar-refractivity contribution in [3.8, 4) is 0 Å². The average Bonchev–Trinajstić information content (AvgIpc) is 2.67. The summed E-state index contributed by atoms with van der Waals surface area (Å²) >= 11 is 0. The van der Waals surface area contributed by atoms with Gasteiger partial charge in [-0.05, 0) is 45.0 Å². The second-order valence-electron chi connectivity index (χ2n) is 5.25. The lowest BCUT2D eigenvalue weighted by Gasteiger charge is -2.28. The monoisotopic (exact) mass is 250 g/mol. The number of halogens is 2. The number of aromatic nitrogens is 1. The minimum atomic E-state index is -0.506. The highest BCUT2D eigenvalue weighted by atomic mass is 19.1. The summed E-state index contributed by atoms with van der Waals surface area (Å²) in [6, 6.07) is 2.82. The van der Waals surface area contributed by atoms with Crippen molar-refractivity contribution >= 4 is 10.9 Å². The molecule has 18 heavy (non-hydrogen) atoms. The number of aryl methyl sites for hydroxylation is 1. The van der Waals surface area contributed by atoms with Crippen molar-refractivity contribution in [2.45, 2.75) is 25.3 Å². The Hall–Kier alpha value is -1.42. The van der Waals surface area contributed by atoms with Gasteiger partial charge < -0.3 is 9.88 Å². The number of nitrogens with zero attached hydrogens (tertiary/aromatic N) is 1. The highest BCUT2D eigenvalue weighted by Crippen LogP contribution is 2.32. The first-order valence-electron chi connectivity index (χ1n) is 6.21. The van der Waals surface area contributed by atoms with E-state index in [9.17, 15) is 8.78 Å². The zero-order chi connectivity index (χ0) is 12.9. The summed E-state index contributed by atoms with van der Waals surface area (Å²) in [5, 5.41) is 0.703. The number of hydrogen-bond acceptors (Lipinski definition) is 1. The van der Waals surface area contributed by atoms with Gasteiger partial charge in [-0.2, -0.15) is 0 Å². The molecule has 2 nitrogen and oxygen atoms in total. The van der Waals surface area contributed by atoms with E-state index in [1.807, 2.05) is 14.1 Å². The van der Waals surface area contributed by atoms with Crippen molar-refractivity contribution in [3.63, 3.8) is 0 Å². The van der Waals surface area contributed by atoms with E-state index < -0.39 is 11.6 Å². The van der Waals surface area contributed by atoms with Gasteiger partial charge in [0.25, 0.3) is 0 Å². The van der Waals surface area contributed by atoms with Gasteiger partial charge in [-0.3, -0.25) is 0 Å². The SMILES string of the molecule is CN(C)[C@H]1CCc2[nH]c3c(F)cc(F)cc3c2C1. The molecule has 0 aliphatic heterocycles. The minimum Gasteiger partial charge on any atom is -0.356 e. The third-order valence-corrected chi connectivity index (χ3v) is 3.92. The number of benzene rings is 1. The van der Waals surface area contributed by atoms with Crippen LogP contribution in [0.2, 0.25) is 0 Å². The van der Waals surface area contributed by atoms with E-state index in [0.717, 1.165) is 36.6 Å². The van der Waals surface area contributed by atoms with Crippen LogP contribution in [0.5, 0.6) is 0 Å². The summed E-state index contributed by atoms with van der Waals surface area (Å²) in [6.45, 7) is 0. The highest BCUT2D eigenvalue weighted by Gasteiger charge is 2.24. The van der Waals surface area contributed by atoms with E-state index in [1.165, 1.54) is 6.07 Å². The molecular weight excluding hydrogens is 234 g/mol. The summed E-state index contributed by atoms with van der Waals surface area (Å²) in [5.41, 5.74) is 2.58. The average molecular weight is 250 g/mol. The molecule has 2 aromatic rings. The molecule has 3 rings (SSSR count). The Morgan fingerprint density at radius 3 is 2.78 bits per heavy atom. The fourth-order valence-electron chi connectivity index (χ4n) is 2.86. The number of hydrogen-bond donors (Lipinski definition) is 1. The predicted octanol–water partition coefficient (Wildman–Crippen LogP) is 2.87. The van der Waals surface area contributed by atoms with Gasteiger partial charge >= 0.3 is 0 Å². The van der Waals surface area contributed by atoms with Crippen molar-refractivity contribution in [1.82, 2.24) is 9.88 Å². The molecule has 0 bridgehead atoms. The molecule has 1 aromatic heterocycles. The van der Waals surface area contributed by atoms with Gasteiger partial charge in [0.1, 0.15) is 11.6 Å². The largest absolute Gasteiger partial charge is 0.356 e. The molecule has 96 valence electrons. The van der Waals surface area contributed by atoms with Gasteiger partial charge in [-0.15, -0.1) is 0 Å². The fraction of sp³-hybridized carbons (Fsp3) is 0.429. The molecular formula is C14H16F2N2. The van der Waals surface area contributed by atoms with Crippen LogP contribution in [0.4, 0.5) is 8.78 Å². The molecule has 0 amide bonds. The van der Waals surface area contributed by atoms with Crippen LogP contribution in [0, 0.1) is 11.6 Å². The molecule has 0 saturated carbocycles. The summed E-state index contributed by atoms with van der Waals surface area (Å²) in [4.78, 5) is 5.29. The third-order valence-electron chi connectivity index (χ3n) is 3.92. The summed E-state index contributed by atoms with van der Waals surface area (Å²) < 4.78 is 27.0. The summed E-state index contributed by atoms with van der Waals surface area (Å²) in [5.74, 6) is -1.01. The zero-order valence-corrected chi connectivity index (χ0v) is 10.6. The van der Waals surface area contributed by atoms with Gasteiger partial charge in [0.2, 0.25) is 0 Å². The Morgan fingerprint density at radius 1 is 1.28 bits per heavy atom. The molecule has 0 spiro atoms. The van der Waals surface area contributed by atoms with Crippen LogP contribution in [-0.4, -0.2) is 30.0 Å². The second-order valence-corrected chi connectivity index (χ2v) is 5.25. The van der Waals surface area contributed by atoms with Gasteiger partial charge in [0.05, 0.1) is 5.52 Å². The zero-order valence-electron chi connectivity index (χ0n) is 10.6. The fourth-order valence-corrected chi connectivity index (χ4v) is 2.86. The third kappa shape index (κ3) is 1.72. The van der Waals surface area contributed by atoms with Gasteiger partial charge in [0, 0.05) is 23.2 Å². The minimum absolute atomic E-state index is 0.445. The van der Waals surface area contributed by atoms with Crippen molar-refractivity contribution < 1.29 is 8.78 Å². The van der Waals surface area contributed by atoms with Crippen molar-refractivity contribution in [2.75, 3.05) is 14.1 Å². The normalized spacial score (nSPS) is 19.5. The summed E-state index contributed by atoms with van der Waals surface area (Å²) in [6.07, 6.45) is 2.80. The Morgan fingerprint density at radius 2 is 2.06 bits per heavy atom. The Kier molecular flexibility index (Phi) is 2.63. The van der Waals surface area contributed by atoms with Crippen molar-refractivity contribution in [1.29, 1.82) is 0 Å². The highest BCUT2D eigenvalue weighted by molar-refractivity contribution is 5.85. The molecule has 1 atom stereocenters. The van der Waals surface area contributed by atoms with E-state index in [-0.39, 0.29) is 0 Å². The number of fused-ring (bicyclic) bond motifs is 3. The van der Waals surface area contributed by atoms with Gasteiger partial charge in [-0.1, -0.05) is 0 Å². The standard InChI is InChI=1S/C14H16F2N2/c1-18(2)9-3-4-13-10(7-9)11-5-8(15)6-12(16)14(11)17-13/h5-6,9,17H,3-4,7H2,1-2H3/t9-/m0/s1. The Labute approximate surface area is 105 Å².